The Morgan fingerprint density at radius 3 is 2.55 bits per heavy atom. The maximum atomic E-state index is 11.6. The molecule has 2 fully saturated rings. The van der Waals surface area contributed by atoms with Crippen LogP contribution in [0.1, 0.15) is 58.3 Å². The molecule has 1 saturated carbocycles. The van der Waals surface area contributed by atoms with Crippen molar-refractivity contribution in [2.45, 2.75) is 63.8 Å². The Bertz CT molecular complexity index is 326. The van der Waals surface area contributed by atoms with Crippen molar-refractivity contribution >= 4 is 5.91 Å². The summed E-state index contributed by atoms with van der Waals surface area (Å²) in [5, 5.41) is 0. The van der Waals surface area contributed by atoms with E-state index in [-0.39, 0.29) is 11.8 Å². The van der Waals surface area contributed by atoms with Crippen LogP contribution in [-0.2, 0) is 4.79 Å². The molecule has 2 atom stereocenters. The van der Waals surface area contributed by atoms with E-state index in [0.717, 1.165) is 38.1 Å². The summed E-state index contributed by atoms with van der Waals surface area (Å²) in [4.78, 5) is 14.1. The second kappa shape index (κ2) is 6.90. The van der Waals surface area contributed by atoms with Crippen LogP contribution in [0.4, 0.5) is 0 Å². The van der Waals surface area contributed by atoms with Gasteiger partial charge in [0.1, 0.15) is 0 Å². The maximum Gasteiger partial charge on any atom is 0.237 e. The van der Waals surface area contributed by atoms with E-state index in [1.54, 1.807) is 0 Å². The molecule has 0 bridgehead atoms. The van der Waals surface area contributed by atoms with Gasteiger partial charge in [0, 0.05) is 0 Å². The molecule has 2 unspecified atom stereocenters. The van der Waals surface area contributed by atoms with Gasteiger partial charge in [-0.05, 0) is 63.6 Å². The monoisotopic (exact) mass is 281 g/mol. The minimum absolute atomic E-state index is 0.286. The molecular weight excluding hydrogens is 250 g/mol. The van der Waals surface area contributed by atoms with Gasteiger partial charge in [0.05, 0.1) is 5.54 Å². The van der Waals surface area contributed by atoms with E-state index in [9.17, 15) is 4.79 Å². The lowest BCUT2D eigenvalue weighted by atomic mass is 9.84. The van der Waals surface area contributed by atoms with Gasteiger partial charge >= 0.3 is 0 Å². The minimum Gasteiger partial charge on any atom is -0.368 e. The number of nitrogens with zero attached hydrogens (tertiary/aromatic N) is 1. The molecule has 0 aromatic heterocycles. The molecule has 1 heterocycles. The van der Waals surface area contributed by atoms with E-state index in [0.29, 0.717) is 0 Å². The summed E-state index contributed by atoms with van der Waals surface area (Å²) >= 11 is 0. The van der Waals surface area contributed by atoms with Crippen molar-refractivity contribution in [2.24, 2.45) is 23.3 Å². The standard InChI is InChI=1S/C16H31N3O/c1-2-4-13-6-10-19(11-7-13)12-8-14-5-3-9-16(14,18)15(17)20/h13-14H,2-12,18H2,1H3,(H2,17,20). The Kier molecular flexibility index (Phi) is 5.44. The largest absolute Gasteiger partial charge is 0.368 e. The van der Waals surface area contributed by atoms with Crippen LogP contribution in [0.2, 0.25) is 0 Å². The average Bonchev–Trinajstić information content (AvgIpc) is 2.81. The fourth-order valence-corrected chi connectivity index (χ4v) is 4.07. The van der Waals surface area contributed by atoms with Gasteiger partial charge in [-0.15, -0.1) is 0 Å². The van der Waals surface area contributed by atoms with Crippen LogP contribution in [0.5, 0.6) is 0 Å². The lowest BCUT2D eigenvalue weighted by Crippen LogP contribution is -2.55. The highest BCUT2D eigenvalue weighted by Crippen LogP contribution is 2.36. The van der Waals surface area contributed by atoms with Crippen molar-refractivity contribution in [3.8, 4) is 0 Å². The molecule has 4 heteroatoms. The molecule has 1 amide bonds. The quantitative estimate of drug-likeness (QED) is 0.780. The highest BCUT2D eigenvalue weighted by molar-refractivity contribution is 5.85. The molecule has 0 spiro atoms. The Labute approximate surface area is 123 Å². The molecule has 1 aliphatic heterocycles. The topological polar surface area (TPSA) is 72.3 Å². The van der Waals surface area contributed by atoms with E-state index in [2.05, 4.69) is 11.8 Å². The van der Waals surface area contributed by atoms with Gasteiger partial charge in [-0.3, -0.25) is 4.79 Å². The number of hydrogen-bond donors (Lipinski definition) is 2. The normalized spacial score (nSPS) is 32.6. The number of rotatable bonds is 6. The van der Waals surface area contributed by atoms with Gasteiger partial charge in [0.2, 0.25) is 5.91 Å². The highest BCUT2D eigenvalue weighted by atomic mass is 16.1. The SMILES string of the molecule is CCCC1CCN(CCC2CCCC2(N)C(N)=O)CC1. The number of amides is 1. The average molecular weight is 281 g/mol. The molecule has 4 N–H and O–H groups in total. The van der Waals surface area contributed by atoms with Crippen LogP contribution in [-0.4, -0.2) is 36.0 Å². The van der Waals surface area contributed by atoms with Crippen molar-refractivity contribution in [3.05, 3.63) is 0 Å². The number of hydrogen-bond acceptors (Lipinski definition) is 3. The van der Waals surface area contributed by atoms with E-state index in [1.165, 1.54) is 38.8 Å². The van der Waals surface area contributed by atoms with E-state index in [1.807, 2.05) is 0 Å². The van der Waals surface area contributed by atoms with Gasteiger partial charge in [-0.25, -0.2) is 0 Å². The fraction of sp³-hybridized carbons (Fsp3) is 0.938. The third kappa shape index (κ3) is 3.53. The molecule has 1 aliphatic carbocycles. The zero-order valence-corrected chi connectivity index (χ0v) is 12.9. The Balaban J connectivity index is 1.75. The number of primary amides is 1. The summed E-state index contributed by atoms with van der Waals surface area (Å²) in [6.07, 6.45) is 9.26. The molecule has 1 saturated heterocycles. The van der Waals surface area contributed by atoms with Crippen LogP contribution >= 0.6 is 0 Å². The summed E-state index contributed by atoms with van der Waals surface area (Å²) in [6.45, 7) is 5.78. The van der Waals surface area contributed by atoms with Gasteiger partial charge in [-0.1, -0.05) is 26.2 Å². The lowest BCUT2D eigenvalue weighted by molar-refractivity contribution is -0.124. The Hall–Kier alpha value is -0.610. The van der Waals surface area contributed by atoms with Crippen LogP contribution in [0, 0.1) is 11.8 Å². The number of carbonyl (C=O) groups is 1. The third-order valence-electron chi connectivity index (χ3n) is 5.53. The van der Waals surface area contributed by atoms with Crippen molar-refractivity contribution in [1.29, 1.82) is 0 Å². The van der Waals surface area contributed by atoms with Gasteiger partial charge in [0.25, 0.3) is 0 Å². The lowest BCUT2D eigenvalue weighted by Gasteiger charge is -2.34. The number of piperidine rings is 1. The van der Waals surface area contributed by atoms with Crippen LogP contribution in [0.3, 0.4) is 0 Å². The second-order valence-electron chi connectivity index (χ2n) is 6.86. The first kappa shape index (κ1) is 15.8. The van der Waals surface area contributed by atoms with E-state index < -0.39 is 5.54 Å². The van der Waals surface area contributed by atoms with Crippen molar-refractivity contribution in [1.82, 2.24) is 4.90 Å². The first-order chi connectivity index (χ1) is 9.56. The third-order valence-corrected chi connectivity index (χ3v) is 5.53. The molecule has 0 aromatic carbocycles. The molecule has 116 valence electrons. The summed E-state index contributed by atoms with van der Waals surface area (Å²) < 4.78 is 0. The summed E-state index contributed by atoms with van der Waals surface area (Å²) in [5.41, 5.74) is 11.0. The highest BCUT2D eigenvalue weighted by Gasteiger charge is 2.44. The zero-order chi connectivity index (χ0) is 14.6. The summed E-state index contributed by atoms with van der Waals surface area (Å²) in [7, 11) is 0. The van der Waals surface area contributed by atoms with Crippen LogP contribution in [0.25, 0.3) is 0 Å². The van der Waals surface area contributed by atoms with Crippen molar-refractivity contribution < 1.29 is 4.79 Å². The fourth-order valence-electron chi connectivity index (χ4n) is 4.07. The number of carbonyl (C=O) groups excluding carboxylic acids is 1. The predicted octanol–water partition coefficient (Wildman–Crippen LogP) is 1.87. The first-order valence-electron chi connectivity index (χ1n) is 8.37. The Morgan fingerprint density at radius 1 is 1.25 bits per heavy atom. The Morgan fingerprint density at radius 2 is 1.95 bits per heavy atom. The van der Waals surface area contributed by atoms with E-state index >= 15 is 0 Å². The van der Waals surface area contributed by atoms with Crippen molar-refractivity contribution in [2.75, 3.05) is 19.6 Å². The molecule has 2 rings (SSSR count). The molecule has 0 radical (unpaired) electrons. The molecule has 2 aliphatic rings. The first-order valence-corrected chi connectivity index (χ1v) is 8.37. The summed E-state index contributed by atoms with van der Waals surface area (Å²) in [6, 6.07) is 0. The van der Waals surface area contributed by atoms with Gasteiger partial charge in [-0.2, -0.15) is 0 Å². The predicted molar refractivity (Wildman–Crippen MR) is 82.1 cm³/mol. The second-order valence-corrected chi connectivity index (χ2v) is 6.86. The molecule has 4 nitrogen and oxygen atoms in total. The minimum atomic E-state index is -0.736. The molecule has 20 heavy (non-hydrogen) atoms. The number of nitrogens with two attached hydrogens (primary N) is 2. The van der Waals surface area contributed by atoms with Gasteiger partial charge < -0.3 is 16.4 Å². The van der Waals surface area contributed by atoms with Gasteiger partial charge in [0.15, 0.2) is 0 Å². The van der Waals surface area contributed by atoms with Crippen LogP contribution in [0.15, 0.2) is 0 Å². The zero-order valence-electron chi connectivity index (χ0n) is 12.9. The molecular formula is C16H31N3O. The maximum absolute atomic E-state index is 11.6. The van der Waals surface area contributed by atoms with E-state index in [4.69, 9.17) is 11.5 Å². The number of likely N-dealkylation sites (tertiary alicyclic amines) is 1. The molecule has 0 aromatic rings. The van der Waals surface area contributed by atoms with Crippen molar-refractivity contribution in [3.63, 3.8) is 0 Å². The van der Waals surface area contributed by atoms with Crippen LogP contribution < -0.4 is 11.5 Å². The summed E-state index contributed by atoms with van der Waals surface area (Å²) in [5.74, 6) is 0.914. The smallest absolute Gasteiger partial charge is 0.237 e.